The second kappa shape index (κ2) is 7.96. The van der Waals surface area contributed by atoms with Crippen LogP contribution in [0.4, 0.5) is 0 Å². The molecule has 20 heavy (non-hydrogen) atoms. The maximum atomic E-state index is 11.8. The lowest BCUT2D eigenvalue weighted by molar-refractivity contribution is -0.148. The van der Waals surface area contributed by atoms with E-state index >= 15 is 0 Å². The van der Waals surface area contributed by atoms with Crippen LogP contribution in [0.25, 0.3) is 0 Å². The normalized spacial score (nSPS) is 20.9. The number of carbonyl (C=O) groups excluding carboxylic acids is 1. The number of nitrogens with zero attached hydrogens (tertiary/aromatic N) is 2. The molecule has 0 spiro atoms. The van der Waals surface area contributed by atoms with Gasteiger partial charge in [0, 0.05) is 13.1 Å². The Balaban J connectivity index is 2.34. The van der Waals surface area contributed by atoms with Gasteiger partial charge in [-0.2, -0.15) is 0 Å². The van der Waals surface area contributed by atoms with Crippen LogP contribution in [-0.4, -0.2) is 75.7 Å². The van der Waals surface area contributed by atoms with Gasteiger partial charge in [0.1, 0.15) is 5.54 Å². The molecule has 5 heteroatoms. The zero-order chi connectivity index (χ0) is 15.2. The Morgan fingerprint density at radius 2 is 2.05 bits per heavy atom. The number of nitrogens with one attached hydrogen (secondary N) is 1. The molecule has 118 valence electrons. The molecule has 0 radical (unpaired) electrons. The Bertz CT molecular complexity index is 303. The van der Waals surface area contributed by atoms with Crippen LogP contribution in [-0.2, 0) is 9.53 Å². The van der Waals surface area contributed by atoms with Gasteiger partial charge in [-0.05, 0) is 66.3 Å². The summed E-state index contributed by atoms with van der Waals surface area (Å²) in [5.74, 6) is 0.600. The van der Waals surface area contributed by atoms with Gasteiger partial charge in [0.25, 0.3) is 0 Å². The summed E-state index contributed by atoms with van der Waals surface area (Å²) < 4.78 is 4.87. The monoisotopic (exact) mass is 285 g/mol. The molecule has 1 saturated heterocycles. The van der Waals surface area contributed by atoms with Gasteiger partial charge >= 0.3 is 5.97 Å². The van der Waals surface area contributed by atoms with Crippen molar-refractivity contribution in [2.45, 2.75) is 31.7 Å². The summed E-state index contributed by atoms with van der Waals surface area (Å²) in [7, 11) is 7.59. The fourth-order valence-corrected chi connectivity index (χ4v) is 2.75. The van der Waals surface area contributed by atoms with Crippen LogP contribution < -0.4 is 5.32 Å². The first-order valence-electron chi connectivity index (χ1n) is 7.55. The number of esters is 1. The van der Waals surface area contributed by atoms with Gasteiger partial charge in [-0.3, -0.25) is 4.79 Å². The van der Waals surface area contributed by atoms with E-state index in [1.807, 2.05) is 14.0 Å². The third kappa shape index (κ3) is 5.04. The van der Waals surface area contributed by atoms with E-state index in [4.69, 9.17) is 4.74 Å². The number of ether oxygens (including phenoxy) is 1. The average molecular weight is 285 g/mol. The summed E-state index contributed by atoms with van der Waals surface area (Å²) in [4.78, 5) is 16.5. The molecule has 0 aromatic rings. The summed E-state index contributed by atoms with van der Waals surface area (Å²) in [6.45, 7) is 6.33. The Morgan fingerprint density at radius 1 is 1.45 bits per heavy atom. The van der Waals surface area contributed by atoms with Gasteiger partial charge in [-0.25, -0.2) is 0 Å². The molecular formula is C15H31N3O2. The van der Waals surface area contributed by atoms with Crippen LogP contribution >= 0.6 is 0 Å². The second-order valence-corrected chi connectivity index (χ2v) is 6.33. The third-order valence-corrected chi connectivity index (χ3v) is 4.59. The smallest absolute Gasteiger partial charge is 0.325 e. The van der Waals surface area contributed by atoms with Crippen molar-refractivity contribution in [3.8, 4) is 0 Å². The van der Waals surface area contributed by atoms with E-state index in [-0.39, 0.29) is 5.97 Å². The Labute approximate surface area is 123 Å². The van der Waals surface area contributed by atoms with Gasteiger partial charge in [0.05, 0.1) is 7.11 Å². The van der Waals surface area contributed by atoms with Crippen LogP contribution in [0.1, 0.15) is 26.2 Å². The number of likely N-dealkylation sites (N-methyl/N-ethyl adjacent to an activating group) is 1. The summed E-state index contributed by atoms with van der Waals surface area (Å²) >= 11 is 0. The molecule has 1 aliphatic heterocycles. The first-order valence-corrected chi connectivity index (χ1v) is 7.55. The molecule has 1 fully saturated rings. The summed E-state index contributed by atoms with van der Waals surface area (Å²) in [5.41, 5.74) is -0.588. The Morgan fingerprint density at radius 3 is 2.55 bits per heavy atom. The lowest BCUT2D eigenvalue weighted by Crippen LogP contribution is -2.50. The van der Waals surface area contributed by atoms with Gasteiger partial charge < -0.3 is 19.9 Å². The molecule has 1 heterocycles. The van der Waals surface area contributed by atoms with Gasteiger partial charge in [0.2, 0.25) is 0 Å². The summed E-state index contributed by atoms with van der Waals surface area (Å²) in [6, 6.07) is 0. The van der Waals surface area contributed by atoms with Gasteiger partial charge in [-0.1, -0.05) is 0 Å². The lowest BCUT2D eigenvalue weighted by Gasteiger charge is -2.33. The minimum absolute atomic E-state index is 0.187. The minimum atomic E-state index is -0.588. The number of carbonyl (C=O) groups is 1. The van der Waals surface area contributed by atoms with Crippen LogP contribution in [0.15, 0.2) is 0 Å². The molecule has 1 N–H and O–H groups in total. The molecule has 0 amide bonds. The topological polar surface area (TPSA) is 44.8 Å². The first kappa shape index (κ1) is 17.4. The molecule has 0 saturated carbocycles. The molecule has 0 bridgehead atoms. The predicted molar refractivity (Wildman–Crippen MR) is 81.8 cm³/mol. The van der Waals surface area contributed by atoms with E-state index in [2.05, 4.69) is 29.2 Å². The Hall–Kier alpha value is -0.650. The van der Waals surface area contributed by atoms with Crippen LogP contribution in [0.5, 0.6) is 0 Å². The van der Waals surface area contributed by atoms with E-state index < -0.39 is 5.54 Å². The number of methoxy groups -OCH3 is 1. The number of piperidine rings is 1. The zero-order valence-electron chi connectivity index (χ0n) is 13.7. The largest absolute Gasteiger partial charge is 0.468 e. The fraction of sp³-hybridized carbons (Fsp3) is 0.933. The van der Waals surface area contributed by atoms with Crippen LogP contribution in [0.2, 0.25) is 0 Å². The quantitative estimate of drug-likeness (QED) is 0.701. The summed E-state index contributed by atoms with van der Waals surface area (Å²) in [6.07, 6.45) is 3.32. The highest BCUT2D eigenvalue weighted by atomic mass is 16.5. The highest BCUT2D eigenvalue weighted by molar-refractivity contribution is 5.80. The maximum absolute atomic E-state index is 11.8. The van der Waals surface area contributed by atoms with Crippen molar-refractivity contribution in [3.63, 3.8) is 0 Å². The van der Waals surface area contributed by atoms with Crippen molar-refractivity contribution in [2.24, 2.45) is 5.92 Å². The molecule has 5 nitrogen and oxygen atoms in total. The molecule has 1 aliphatic rings. The van der Waals surface area contributed by atoms with E-state index in [9.17, 15) is 4.79 Å². The van der Waals surface area contributed by atoms with Crippen molar-refractivity contribution in [3.05, 3.63) is 0 Å². The highest BCUT2D eigenvalue weighted by Gasteiger charge is 2.32. The first-order chi connectivity index (χ1) is 9.41. The number of rotatable bonds is 7. The summed E-state index contributed by atoms with van der Waals surface area (Å²) in [5, 5.41) is 3.09. The molecule has 1 rings (SSSR count). The van der Waals surface area contributed by atoms with Crippen molar-refractivity contribution in [1.29, 1.82) is 0 Å². The average Bonchev–Trinajstić information content (AvgIpc) is 2.46. The molecule has 0 aromatic heterocycles. The van der Waals surface area contributed by atoms with Crippen molar-refractivity contribution >= 4 is 5.97 Å². The van der Waals surface area contributed by atoms with Crippen LogP contribution in [0.3, 0.4) is 0 Å². The SMILES string of the molecule is CNC(C)(CCN(C)CC1CCN(C)CC1)C(=O)OC. The number of hydrogen-bond acceptors (Lipinski definition) is 5. The number of likely N-dealkylation sites (tertiary alicyclic amines) is 1. The third-order valence-electron chi connectivity index (χ3n) is 4.59. The van der Waals surface area contributed by atoms with Crippen molar-refractivity contribution in [2.75, 3.05) is 54.4 Å². The van der Waals surface area contributed by atoms with Crippen LogP contribution in [0, 0.1) is 5.92 Å². The van der Waals surface area contributed by atoms with Gasteiger partial charge in [-0.15, -0.1) is 0 Å². The fourth-order valence-electron chi connectivity index (χ4n) is 2.75. The van der Waals surface area contributed by atoms with E-state index in [0.29, 0.717) is 0 Å². The lowest BCUT2D eigenvalue weighted by atomic mass is 9.95. The van der Waals surface area contributed by atoms with E-state index in [1.165, 1.54) is 33.0 Å². The van der Waals surface area contributed by atoms with Gasteiger partial charge in [0.15, 0.2) is 0 Å². The standard InChI is InChI=1S/C15H31N3O2/c1-15(16-2,14(19)20-5)8-11-18(4)12-13-6-9-17(3)10-7-13/h13,16H,6-12H2,1-5H3. The molecule has 0 aromatic carbocycles. The Kier molecular flexibility index (Phi) is 6.92. The highest BCUT2D eigenvalue weighted by Crippen LogP contribution is 2.18. The van der Waals surface area contributed by atoms with E-state index in [0.717, 1.165) is 25.4 Å². The van der Waals surface area contributed by atoms with Crippen molar-refractivity contribution < 1.29 is 9.53 Å². The number of hydrogen-bond donors (Lipinski definition) is 1. The molecule has 1 atom stereocenters. The molecule has 1 unspecified atom stereocenters. The predicted octanol–water partition coefficient (Wildman–Crippen LogP) is 0.801. The molecule has 0 aliphatic carbocycles. The maximum Gasteiger partial charge on any atom is 0.325 e. The van der Waals surface area contributed by atoms with E-state index in [1.54, 1.807) is 0 Å². The second-order valence-electron chi connectivity index (χ2n) is 6.33. The molecular weight excluding hydrogens is 254 g/mol. The van der Waals surface area contributed by atoms with Crippen molar-refractivity contribution in [1.82, 2.24) is 15.1 Å². The minimum Gasteiger partial charge on any atom is -0.468 e. The zero-order valence-corrected chi connectivity index (χ0v) is 13.7.